The molecule has 0 aromatic heterocycles. The fraction of sp³-hybridized carbons (Fsp3) is 0.562. The van der Waals surface area contributed by atoms with Gasteiger partial charge in [0.25, 0.3) is 5.91 Å². The molecule has 0 aliphatic carbocycles. The first-order chi connectivity index (χ1) is 11.1. The topological polar surface area (TPSA) is 71.7 Å². The van der Waals surface area contributed by atoms with Crippen LogP contribution in [0.2, 0.25) is 0 Å². The Morgan fingerprint density at radius 2 is 2.00 bits per heavy atom. The SMILES string of the molecule is CC(C)CCN1NNC(=O)C12CCN(Cc1ccccc1)NN2. The first kappa shape index (κ1) is 16.4. The number of hydrogen-bond donors (Lipinski definition) is 4. The van der Waals surface area contributed by atoms with Crippen molar-refractivity contribution in [1.82, 2.24) is 31.9 Å². The third kappa shape index (κ3) is 3.54. The van der Waals surface area contributed by atoms with E-state index >= 15 is 0 Å². The predicted molar refractivity (Wildman–Crippen MR) is 87.9 cm³/mol. The van der Waals surface area contributed by atoms with Crippen LogP contribution in [0.15, 0.2) is 30.3 Å². The molecule has 3 rings (SSSR count). The maximum absolute atomic E-state index is 12.3. The van der Waals surface area contributed by atoms with Crippen LogP contribution in [-0.4, -0.2) is 34.7 Å². The van der Waals surface area contributed by atoms with E-state index in [1.54, 1.807) is 0 Å². The highest BCUT2D eigenvalue weighted by Gasteiger charge is 2.50. The van der Waals surface area contributed by atoms with Gasteiger partial charge in [0.2, 0.25) is 0 Å². The molecule has 23 heavy (non-hydrogen) atoms. The maximum Gasteiger partial charge on any atom is 0.273 e. The van der Waals surface area contributed by atoms with Crippen LogP contribution in [0.3, 0.4) is 0 Å². The van der Waals surface area contributed by atoms with E-state index in [0.29, 0.717) is 12.3 Å². The van der Waals surface area contributed by atoms with Crippen molar-refractivity contribution < 1.29 is 4.79 Å². The Morgan fingerprint density at radius 3 is 2.65 bits per heavy atom. The van der Waals surface area contributed by atoms with Crippen LogP contribution >= 0.6 is 0 Å². The molecule has 1 spiro atoms. The molecule has 1 aromatic carbocycles. The van der Waals surface area contributed by atoms with Crippen molar-refractivity contribution >= 4 is 5.91 Å². The van der Waals surface area contributed by atoms with Crippen molar-refractivity contribution in [3.05, 3.63) is 35.9 Å². The molecule has 2 fully saturated rings. The lowest BCUT2D eigenvalue weighted by molar-refractivity contribution is -0.136. The van der Waals surface area contributed by atoms with Crippen LogP contribution in [-0.2, 0) is 11.3 Å². The highest BCUT2D eigenvalue weighted by Crippen LogP contribution is 2.23. The Morgan fingerprint density at radius 1 is 1.22 bits per heavy atom. The van der Waals surface area contributed by atoms with Crippen molar-refractivity contribution in [2.45, 2.75) is 38.9 Å². The van der Waals surface area contributed by atoms with Crippen LogP contribution in [0.25, 0.3) is 0 Å². The van der Waals surface area contributed by atoms with Gasteiger partial charge in [0, 0.05) is 26.1 Å². The van der Waals surface area contributed by atoms with E-state index in [4.69, 9.17) is 0 Å². The van der Waals surface area contributed by atoms with Gasteiger partial charge in [-0.3, -0.25) is 10.2 Å². The van der Waals surface area contributed by atoms with Crippen molar-refractivity contribution in [3.8, 4) is 0 Å². The Kier molecular flexibility index (Phi) is 4.93. The minimum Gasteiger partial charge on any atom is -0.275 e. The molecule has 2 heterocycles. The van der Waals surface area contributed by atoms with Crippen LogP contribution in [0.1, 0.15) is 32.3 Å². The highest BCUT2D eigenvalue weighted by molar-refractivity contribution is 5.87. The van der Waals surface area contributed by atoms with Gasteiger partial charge in [-0.05, 0) is 17.9 Å². The summed E-state index contributed by atoms with van der Waals surface area (Å²) in [5, 5.41) is 4.06. The fourth-order valence-corrected chi connectivity index (χ4v) is 2.96. The second-order valence-corrected chi connectivity index (χ2v) is 6.65. The summed E-state index contributed by atoms with van der Waals surface area (Å²) < 4.78 is 0. The molecule has 1 atom stereocenters. The first-order valence-electron chi connectivity index (χ1n) is 8.25. The van der Waals surface area contributed by atoms with E-state index in [9.17, 15) is 4.79 Å². The molecule has 1 unspecified atom stereocenters. The van der Waals surface area contributed by atoms with Crippen molar-refractivity contribution in [1.29, 1.82) is 0 Å². The normalized spacial score (nSPS) is 26.1. The van der Waals surface area contributed by atoms with Gasteiger partial charge in [-0.15, -0.1) is 0 Å². The van der Waals surface area contributed by atoms with Gasteiger partial charge in [0.1, 0.15) is 0 Å². The van der Waals surface area contributed by atoms with Crippen LogP contribution in [0.4, 0.5) is 0 Å². The van der Waals surface area contributed by atoms with Gasteiger partial charge in [-0.2, -0.15) is 16.1 Å². The average Bonchev–Trinajstić information content (AvgIpc) is 2.85. The summed E-state index contributed by atoms with van der Waals surface area (Å²) in [5.41, 5.74) is 12.7. The Labute approximate surface area is 137 Å². The van der Waals surface area contributed by atoms with Crippen LogP contribution < -0.4 is 21.9 Å². The smallest absolute Gasteiger partial charge is 0.273 e. The highest BCUT2D eigenvalue weighted by atomic mass is 16.2. The van der Waals surface area contributed by atoms with Gasteiger partial charge in [-0.25, -0.2) is 10.4 Å². The van der Waals surface area contributed by atoms with Crippen molar-refractivity contribution in [3.63, 3.8) is 0 Å². The van der Waals surface area contributed by atoms with Gasteiger partial charge in [0.05, 0.1) is 0 Å². The molecule has 126 valence electrons. The maximum atomic E-state index is 12.3. The monoisotopic (exact) mass is 318 g/mol. The van der Waals surface area contributed by atoms with Crippen molar-refractivity contribution in [2.75, 3.05) is 13.1 Å². The summed E-state index contributed by atoms with van der Waals surface area (Å²) in [5.74, 6) is 0.559. The second kappa shape index (κ2) is 6.94. The lowest BCUT2D eigenvalue weighted by Crippen LogP contribution is -2.72. The molecule has 7 heteroatoms. The lowest BCUT2D eigenvalue weighted by atomic mass is 10.0. The molecule has 2 aliphatic heterocycles. The summed E-state index contributed by atoms with van der Waals surface area (Å²) in [4.78, 5) is 12.3. The molecular formula is C16H26N6O. The number of nitrogens with one attached hydrogen (secondary N) is 4. The van der Waals surface area contributed by atoms with E-state index in [1.165, 1.54) is 5.56 Å². The number of amides is 1. The molecule has 7 nitrogen and oxygen atoms in total. The Hall–Kier alpha value is -1.51. The number of hydrazine groups is 4. The molecule has 1 aromatic rings. The zero-order valence-electron chi connectivity index (χ0n) is 13.8. The lowest BCUT2D eigenvalue weighted by Gasteiger charge is -2.42. The van der Waals surface area contributed by atoms with E-state index < -0.39 is 5.66 Å². The summed E-state index contributed by atoms with van der Waals surface area (Å²) in [7, 11) is 0. The van der Waals surface area contributed by atoms with E-state index in [-0.39, 0.29) is 5.91 Å². The van der Waals surface area contributed by atoms with E-state index in [2.05, 4.69) is 52.9 Å². The minimum atomic E-state index is -0.720. The Bertz CT molecular complexity index is 527. The first-order valence-corrected chi connectivity index (χ1v) is 8.25. The van der Waals surface area contributed by atoms with E-state index in [1.807, 2.05) is 23.2 Å². The van der Waals surface area contributed by atoms with Gasteiger partial charge in [0.15, 0.2) is 5.66 Å². The van der Waals surface area contributed by atoms with Gasteiger partial charge < -0.3 is 0 Å². The third-order valence-electron chi connectivity index (χ3n) is 4.45. The summed E-state index contributed by atoms with van der Waals surface area (Å²) in [6.07, 6.45) is 1.74. The summed E-state index contributed by atoms with van der Waals surface area (Å²) >= 11 is 0. The molecule has 1 amide bonds. The number of nitrogens with zero attached hydrogens (tertiary/aromatic N) is 2. The molecule has 2 saturated heterocycles. The summed E-state index contributed by atoms with van der Waals surface area (Å²) in [6, 6.07) is 10.3. The molecule has 2 aliphatic rings. The minimum absolute atomic E-state index is 0.0342. The number of hydrogen-bond acceptors (Lipinski definition) is 6. The number of benzene rings is 1. The van der Waals surface area contributed by atoms with Gasteiger partial charge >= 0.3 is 0 Å². The van der Waals surface area contributed by atoms with Crippen LogP contribution in [0.5, 0.6) is 0 Å². The van der Waals surface area contributed by atoms with Gasteiger partial charge in [-0.1, -0.05) is 44.2 Å². The second-order valence-electron chi connectivity index (χ2n) is 6.65. The quantitative estimate of drug-likeness (QED) is 0.634. The summed E-state index contributed by atoms with van der Waals surface area (Å²) in [6.45, 7) is 6.77. The standard InChI is InChI=1S/C16H26N6O/c1-13(2)8-10-22-16(15(23)17-19-22)9-11-21(20-18-16)12-14-6-4-3-5-7-14/h3-7,13,18-20H,8-12H2,1-2H3,(H,17,23). The average molecular weight is 318 g/mol. The molecule has 0 radical (unpaired) electrons. The third-order valence-corrected chi connectivity index (χ3v) is 4.45. The number of carbonyl (C=O) groups excluding carboxylic acids is 1. The molecule has 0 saturated carbocycles. The zero-order valence-corrected chi connectivity index (χ0v) is 13.8. The molecular weight excluding hydrogens is 292 g/mol. The van der Waals surface area contributed by atoms with Crippen LogP contribution in [0, 0.1) is 5.92 Å². The number of carbonyl (C=O) groups is 1. The van der Waals surface area contributed by atoms with Crippen molar-refractivity contribution in [2.24, 2.45) is 5.92 Å². The molecule has 0 bridgehead atoms. The number of rotatable bonds is 5. The predicted octanol–water partition coefficient (Wildman–Crippen LogP) is 0.495. The molecule has 4 N–H and O–H groups in total. The zero-order chi connectivity index (χ0) is 16.3. The fourth-order valence-electron chi connectivity index (χ4n) is 2.96. The largest absolute Gasteiger partial charge is 0.275 e. The Balaban J connectivity index is 1.60. The van der Waals surface area contributed by atoms with E-state index in [0.717, 1.165) is 26.1 Å².